The second-order valence-corrected chi connectivity index (χ2v) is 8.38. The van der Waals surface area contributed by atoms with E-state index in [0.717, 1.165) is 43.8 Å². The van der Waals surface area contributed by atoms with E-state index in [4.69, 9.17) is 0 Å². The summed E-state index contributed by atoms with van der Waals surface area (Å²) in [5.74, 6) is 0.667. The summed E-state index contributed by atoms with van der Waals surface area (Å²) < 4.78 is 1.88. The second kappa shape index (κ2) is 8.15. The predicted octanol–water partition coefficient (Wildman–Crippen LogP) is 0.411. The van der Waals surface area contributed by atoms with Crippen molar-refractivity contribution >= 4 is 27.9 Å². The lowest BCUT2D eigenvalue weighted by Crippen LogP contribution is -3.27. The summed E-state index contributed by atoms with van der Waals surface area (Å²) >= 11 is 1.82. The van der Waals surface area contributed by atoms with Crippen LogP contribution >= 0.6 is 11.3 Å². The van der Waals surface area contributed by atoms with Crippen molar-refractivity contribution in [2.24, 2.45) is 7.05 Å². The molecule has 6 nitrogen and oxygen atoms in total. The lowest BCUT2D eigenvalue weighted by atomic mass is 10.2. The third kappa shape index (κ3) is 3.80. The van der Waals surface area contributed by atoms with Gasteiger partial charge in [-0.25, -0.2) is 4.98 Å². The Kier molecular flexibility index (Phi) is 5.44. The Hall–Kier alpha value is -2.66. The maximum atomic E-state index is 10.7. The van der Waals surface area contributed by atoms with Crippen LogP contribution in [0.15, 0.2) is 47.5 Å². The highest BCUT2D eigenvalue weighted by molar-refractivity contribution is 7.09. The fourth-order valence-corrected chi connectivity index (χ4v) is 4.68. The van der Waals surface area contributed by atoms with Crippen molar-refractivity contribution in [1.82, 2.24) is 9.55 Å². The third-order valence-electron chi connectivity index (χ3n) is 5.50. The van der Waals surface area contributed by atoms with E-state index in [2.05, 4.69) is 28.6 Å². The second-order valence-electron chi connectivity index (χ2n) is 7.35. The zero-order valence-corrected chi connectivity index (χ0v) is 16.8. The van der Waals surface area contributed by atoms with Crippen LogP contribution in [0.5, 0.6) is 0 Å². The summed E-state index contributed by atoms with van der Waals surface area (Å²) in [6.45, 7) is 5.69. The lowest BCUT2D eigenvalue weighted by Gasteiger charge is -2.29. The number of aliphatic hydroxyl groups excluding tert-OH is 1. The Bertz CT molecular complexity index is 1020. The highest BCUT2D eigenvalue weighted by Gasteiger charge is 2.26. The summed E-state index contributed by atoms with van der Waals surface area (Å²) in [5, 5.41) is 22.5. The molecule has 0 amide bonds. The third-order valence-corrected chi connectivity index (χ3v) is 6.37. The van der Waals surface area contributed by atoms with Crippen molar-refractivity contribution in [1.29, 1.82) is 5.26 Å². The first-order valence-corrected chi connectivity index (χ1v) is 10.5. The molecule has 0 spiro atoms. The van der Waals surface area contributed by atoms with E-state index in [1.807, 2.05) is 47.2 Å². The minimum atomic E-state index is 0.137. The Balaban J connectivity index is 1.45. The van der Waals surface area contributed by atoms with Gasteiger partial charge < -0.3 is 19.5 Å². The van der Waals surface area contributed by atoms with Crippen LogP contribution in [-0.2, 0) is 13.6 Å². The zero-order valence-electron chi connectivity index (χ0n) is 16.0. The van der Waals surface area contributed by atoms with Crippen LogP contribution < -0.4 is 9.80 Å². The first-order chi connectivity index (χ1) is 13.7. The molecule has 0 aliphatic carbocycles. The van der Waals surface area contributed by atoms with Gasteiger partial charge in [-0.2, -0.15) is 5.26 Å². The van der Waals surface area contributed by atoms with Crippen LogP contribution in [0.4, 0.5) is 0 Å². The summed E-state index contributed by atoms with van der Waals surface area (Å²) in [6.07, 6.45) is 0. The number of aliphatic hydroxyl groups is 1. The maximum absolute atomic E-state index is 10.7. The Morgan fingerprint density at radius 2 is 1.93 bits per heavy atom. The molecular weight excluding hydrogens is 370 g/mol. The number of fused-ring (bicyclic) bond motifs is 1. The number of allylic oxidation sites excluding steroid dienone is 1. The molecule has 1 aliphatic rings. The molecule has 4 rings (SSSR count). The molecule has 1 fully saturated rings. The predicted molar refractivity (Wildman–Crippen MR) is 110 cm³/mol. The van der Waals surface area contributed by atoms with Crippen LogP contribution in [0.2, 0.25) is 0 Å². The van der Waals surface area contributed by atoms with Crippen LogP contribution in [0.3, 0.4) is 0 Å². The Labute approximate surface area is 168 Å². The summed E-state index contributed by atoms with van der Waals surface area (Å²) in [4.78, 5) is 8.89. The summed E-state index contributed by atoms with van der Waals surface area (Å²) in [5.41, 5.74) is 2.06. The number of hydrogen-bond acceptors (Lipinski definition) is 4. The Morgan fingerprint density at radius 3 is 2.61 bits per heavy atom. The van der Waals surface area contributed by atoms with Crippen LogP contribution in [-0.4, -0.2) is 47.4 Å². The quantitative estimate of drug-likeness (QED) is 0.433. The number of nitrogens with zero attached hydrogens (tertiary/aromatic N) is 3. The number of imidazole rings is 1. The minimum Gasteiger partial charge on any atom is -0.506 e. The molecule has 1 saturated heterocycles. The van der Waals surface area contributed by atoms with Gasteiger partial charge in [0.05, 0.1) is 15.9 Å². The molecule has 0 bridgehead atoms. The monoisotopic (exact) mass is 395 g/mol. The van der Waals surface area contributed by atoms with Gasteiger partial charge in [-0.3, -0.25) is 0 Å². The molecule has 2 aromatic heterocycles. The van der Waals surface area contributed by atoms with Gasteiger partial charge in [-0.15, -0.1) is 11.3 Å². The molecule has 0 unspecified atom stereocenters. The van der Waals surface area contributed by atoms with Crippen LogP contribution in [0.1, 0.15) is 10.7 Å². The average molecular weight is 396 g/mol. The number of aromatic nitrogens is 2. The van der Waals surface area contributed by atoms with E-state index in [9.17, 15) is 10.4 Å². The Morgan fingerprint density at radius 1 is 1.18 bits per heavy atom. The largest absolute Gasteiger partial charge is 0.506 e. The first-order valence-electron chi connectivity index (χ1n) is 9.59. The van der Waals surface area contributed by atoms with Crippen LogP contribution in [0, 0.1) is 11.3 Å². The molecule has 3 N–H and O–H groups in total. The van der Waals surface area contributed by atoms with Gasteiger partial charge in [0.25, 0.3) is 0 Å². The fourth-order valence-electron chi connectivity index (χ4n) is 3.91. The molecule has 144 valence electrons. The van der Waals surface area contributed by atoms with E-state index < -0.39 is 0 Å². The number of rotatable bonds is 5. The molecule has 3 heterocycles. The first kappa shape index (κ1) is 18.7. The van der Waals surface area contributed by atoms with Gasteiger partial charge in [0.2, 0.25) is 0 Å². The van der Waals surface area contributed by atoms with E-state index in [1.54, 1.807) is 4.90 Å². The van der Waals surface area contributed by atoms with Gasteiger partial charge in [-0.1, -0.05) is 18.2 Å². The number of benzene rings is 1. The topological polar surface area (TPSA) is 70.7 Å². The number of para-hydroxylation sites is 2. The standard InChI is InChI=1S/C21H23N5OS/c1-24-19-7-3-2-6-18(19)23-21(24)17(13-22)20(27)15-26-10-8-25(9-11-26)14-16-5-4-12-28-16/h2-7,12,27H,8-11,14-15H2,1H3/p+2/b20-17-. The normalized spacial score (nSPS) is 20.7. The number of piperazine rings is 1. The maximum Gasteiger partial charge on any atom is 0.169 e. The van der Waals surface area contributed by atoms with Crippen molar-refractivity contribution in [3.05, 3.63) is 58.2 Å². The lowest BCUT2D eigenvalue weighted by molar-refractivity contribution is -1.02. The highest BCUT2D eigenvalue weighted by Crippen LogP contribution is 2.21. The van der Waals surface area contributed by atoms with E-state index >= 15 is 0 Å². The molecule has 1 aromatic carbocycles. The van der Waals surface area contributed by atoms with E-state index in [-0.39, 0.29) is 11.3 Å². The molecule has 28 heavy (non-hydrogen) atoms. The van der Waals surface area contributed by atoms with Gasteiger partial charge in [0.1, 0.15) is 50.9 Å². The number of hydrogen-bond donors (Lipinski definition) is 3. The van der Waals surface area contributed by atoms with Gasteiger partial charge >= 0.3 is 0 Å². The van der Waals surface area contributed by atoms with Crippen molar-refractivity contribution in [2.75, 3.05) is 32.7 Å². The molecule has 0 atom stereocenters. The van der Waals surface area contributed by atoms with Gasteiger partial charge in [0.15, 0.2) is 11.6 Å². The molecule has 0 saturated carbocycles. The van der Waals surface area contributed by atoms with Gasteiger partial charge in [-0.05, 0) is 23.6 Å². The molecule has 7 heteroatoms. The minimum absolute atomic E-state index is 0.137. The highest BCUT2D eigenvalue weighted by atomic mass is 32.1. The number of quaternary nitrogens is 2. The number of thiophene rings is 1. The smallest absolute Gasteiger partial charge is 0.169 e. The zero-order chi connectivity index (χ0) is 19.5. The van der Waals surface area contributed by atoms with Crippen molar-refractivity contribution < 1.29 is 14.9 Å². The van der Waals surface area contributed by atoms with Crippen molar-refractivity contribution in [3.63, 3.8) is 0 Å². The fraction of sp³-hybridized carbons (Fsp3) is 0.333. The SMILES string of the molecule is Cn1c(/C(C#N)=C(\O)C[NH+]2CC[NH+](Cc3cccs3)CC2)nc2ccccc21. The van der Waals surface area contributed by atoms with Crippen LogP contribution in [0.25, 0.3) is 16.6 Å². The van der Waals surface area contributed by atoms with Crippen molar-refractivity contribution in [3.8, 4) is 6.07 Å². The van der Waals surface area contributed by atoms with Crippen molar-refractivity contribution in [2.45, 2.75) is 6.54 Å². The molecular formula is C21H25N5OS+2. The molecule has 3 aromatic rings. The molecule has 0 radical (unpaired) electrons. The van der Waals surface area contributed by atoms with E-state index in [0.29, 0.717) is 12.4 Å². The van der Waals surface area contributed by atoms with Gasteiger partial charge in [0, 0.05) is 7.05 Å². The summed E-state index contributed by atoms with van der Waals surface area (Å²) in [6, 6.07) is 14.2. The number of aryl methyl sites for hydroxylation is 1. The number of nitrogens with one attached hydrogen (secondary N) is 2. The summed E-state index contributed by atoms with van der Waals surface area (Å²) in [7, 11) is 1.88. The van der Waals surface area contributed by atoms with E-state index in [1.165, 1.54) is 9.78 Å². The number of nitriles is 1. The molecule has 1 aliphatic heterocycles. The average Bonchev–Trinajstić information content (AvgIpc) is 3.33.